The number of aromatic amines is 1. The molecule has 3 heterocycles. The minimum atomic E-state index is -5.39. The average Bonchev–Trinajstić information content (AvgIpc) is 3.13. The Bertz CT molecular complexity index is 1250. The molecule has 0 saturated carbocycles. The maximum atomic E-state index is 12.4. The smallest absolute Gasteiger partial charge is 0.390 e. The van der Waals surface area contributed by atoms with E-state index in [1.165, 1.54) is 34.1 Å². The molecule has 18 nitrogen and oxygen atoms in total. The van der Waals surface area contributed by atoms with Crippen LogP contribution in [0.15, 0.2) is 15.8 Å². The van der Waals surface area contributed by atoms with Gasteiger partial charge in [-0.3, -0.25) is 33.5 Å². The molecule has 2 unspecified atom stereocenters. The van der Waals surface area contributed by atoms with Crippen LogP contribution in [0, 0.1) is 17.0 Å². The van der Waals surface area contributed by atoms with Crippen LogP contribution in [0.4, 0.5) is 0 Å². The number of phosphoric acid groups is 2. The van der Waals surface area contributed by atoms with E-state index in [0.717, 1.165) is 4.57 Å². The Morgan fingerprint density at radius 1 is 1.29 bits per heavy atom. The van der Waals surface area contributed by atoms with Gasteiger partial charge in [0.2, 0.25) is 0 Å². The summed E-state index contributed by atoms with van der Waals surface area (Å²) in [5.74, 6) is 0. The third kappa shape index (κ3) is 6.84. The molecule has 0 aliphatic carbocycles. The number of nitrogens with zero attached hydrogens (tertiary/aromatic N) is 2. The highest BCUT2D eigenvalue weighted by atomic mass is 31.3. The summed E-state index contributed by atoms with van der Waals surface area (Å²) in [6, 6.07) is 0. The van der Waals surface area contributed by atoms with Crippen molar-refractivity contribution in [1.82, 2.24) is 9.55 Å². The minimum absolute atomic E-state index is 0.146. The second-order valence-corrected chi connectivity index (χ2v) is 12.1. The van der Waals surface area contributed by atoms with Gasteiger partial charge in [-0.2, -0.15) is 4.31 Å². The fourth-order valence-electron chi connectivity index (χ4n) is 4.33. The second-order valence-electron chi connectivity index (χ2n) is 9.08. The first-order chi connectivity index (χ1) is 17.5. The molecule has 38 heavy (non-hydrogen) atoms. The molecule has 20 heteroatoms. The van der Waals surface area contributed by atoms with E-state index >= 15 is 0 Å². The molecule has 2 aliphatic heterocycles. The molecule has 1 aromatic rings. The highest BCUT2D eigenvalue weighted by molar-refractivity contribution is 7.61. The molecule has 0 radical (unpaired) electrons. The Morgan fingerprint density at radius 3 is 2.55 bits per heavy atom. The van der Waals surface area contributed by atoms with Crippen LogP contribution in [0.5, 0.6) is 0 Å². The predicted octanol–water partition coefficient (Wildman–Crippen LogP) is -0.0707. The molecule has 0 aromatic carbocycles. The zero-order chi connectivity index (χ0) is 28.6. The van der Waals surface area contributed by atoms with Crippen LogP contribution in [0.1, 0.15) is 38.5 Å². The third-order valence-electron chi connectivity index (χ3n) is 6.18. The lowest BCUT2D eigenvalue weighted by Crippen LogP contribution is -2.59. The van der Waals surface area contributed by atoms with E-state index in [1.54, 1.807) is 0 Å². The Labute approximate surface area is 214 Å². The van der Waals surface area contributed by atoms with Crippen LogP contribution < -0.4 is 11.2 Å². The Hall–Kier alpha value is -1.82. The first kappa shape index (κ1) is 30.7. The van der Waals surface area contributed by atoms with Gasteiger partial charge >= 0.3 is 21.3 Å². The van der Waals surface area contributed by atoms with Crippen LogP contribution >= 0.6 is 15.6 Å². The number of hydrogen-bond donors (Lipinski definition) is 4. The van der Waals surface area contributed by atoms with Crippen molar-refractivity contribution in [1.29, 1.82) is 0 Å². The Balaban J connectivity index is 1.61. The molecule has 4 N–H and O–H groups in total. The van der Waals surface area contributed by atoms with E-state index in [2.05, 4.69) is 13.8 Å². The number of rotatable bonds is 10. The van der Waals surface area contributed by atoms with Crippen molar-refractivity contribution in [2.24, 2.45) is 0 Å². The zero-order valence-corrected chi connectivity index (χ0v) is 22.5. The van der Waals surface area contributed by atoms with Gasteiger partial charge in [0.05, 0.1) is 25.2 Å². The van der Waals surface area contributed by atoms with Gasteiger partial charge in [-0.25, -0.2) is 13.9 Å². The normalized spacial score (nSPS) is 34.9. The minimum Gasteiger partial charge on any atom is -0.390 e. The summed E-state index contributed by atoms with van der Waals surface area (Å²) in [7, 11) is -9.47. The highest BCUT2D eigenvalue weighted by Gasteiger charge is 2.56. The average molecular weight is 589 g/mol. The summed E-state index contributed by atoms with van der Waals surface area (Å²) in [4.78, 5) is 56.6. The van der Waals surface area contributed by atoms with E-state index in [1.807, 2.05) is 0 Å². The van der Waals surface area contributed by atoms with E-state index in [9.17, 15) is 43.7 Å². The fourth-order valence-corrected chi connectivity index (χ4v) is 6.47. The van der Waals surface area contributed by atoms with Gasteiger partial charge in [0.1, 0.15) is 12.3 Å². The molecule has 0 spiro atoms. The summed E-state index contributed by atoms with van der Waals surface area (Å²) >= 11 is 0. The standard InChI is InChI=1S/C18H29N3O15P2/c1-9-7-20(17(24)19-16(9)23)13-5-11(22)12(34-13)8-32-37(27,28)36-38(29,30)35-14-6-18(3,21(25)26)15(31-4)10(2)33-14/h7,10-15,22H,5-6,8H2,1-4H3,(H,27,28)(H,29,30)(H,19,23,24)/t10-,11+,12-,13-,14-,15+,18+/m1/s1. The lowest BCUT2D eigenvalue weighted by Gasteiger charge is -2.40. The lowest BCUT2D eigenvalue weighted by atomic mass is 9.86. The number of methoxy groups -OCH3 is 1. The first-order valence-corrected chi connectivity index (χ1v) is 14.2. The van der Waals surface area contributed by atoms with Gasteiger partial charge in [0.15, 0.2) is 12.4 Å². The molecular formula is C18H29N3O15P2. The van der Waals surface area contributed by atoms with Gasteiger partial charge in [0.25, 0.3) is 11.1 Å². The quantitative estimate of drug-likeness (QED) is 0.158. The van der Waals surface area contributed by atoms with E-state index in [-0.39, 0.29) is 12.0 Å². The van der Waals surface area contributed by atoms with Crippen molar-refractivity contribution in [3.8, 4) is 0 Å². The number of phosphoric ester groups is 2. The highest BCUT2D eigenvalue weighted by Crippen LogP contribution is 2.61. The van der Waals surface area contributed by atoms with Gasteiger partial charge in [-0.1, -0.05) is 0 Å². The van der Waals surface area contributed by atoms with Gasteiger partial charge in [0, 0.05) is 37.1 Å². The van der Waals surface area contributed by atoms with Crippen molar-refractivity contribution in [3.63, 3.8) is 0 Å². The zero-order valence-electron chi connectivity index (χ0n) is 20.7. The van der Waals surface area contributed by atoms with Crippen LogP contribution in [0.2, 0.25) is 0 Å². The number of aliphatic hydroxyl groups is 1. The summed E-state index contributed by atoms with van der Waals surface area (Å²) < 4.78 is 55.4. The van der Waals surface area contributed by atoms with Crippen molar-refractivity contribution >= 4 is 15.6 Å². The number of aliphatic hydroxyl groups excluding tert-OH is 1. The van der Waals surface area contributed by atoms with Crippen molar-refractivity contribution in [2.75, 3.05) is 13.7 Å². The predicted molar refractivity (Wildman–Crippen MR) is 124 cm³/mol. The molecule has 0 amide bonds. The van der Waals surface area contributed by atoms with Crippen LogP contribution in [-0.2, 0) is 36.7 Å². The summed E-state index contributed by atoms with van der Waals surface area (Å²) in [5.41, 5.74) is -3.00. The topological polar surface area (TPSA) is 248 Å². The first-order valence-electron chi connectivity index (χ1n) is 11.2. The van der Waals surface area contributed by atoms with Crippen molar-refractivity contribution in [3.05, 3.63) is 42.7 Å². The van der Waals surface area contributed by atoms with E-state index in [4.69, 9.17) is 18.7 Å². The number of aromatic nitrogens is 2. The van der Waals surface area contributed by atoms with Gasteiger partial charge < -0.3 is 29.1 Å². The molecule has 2 saturated heterocycles. The lowest BCUT2D eigenvalue weighted by molar-refractivity contribution is -0.593. The van der Waals surface area contributed by atoms with Crippen LogP contribution in [0.25, 0.3) is 0 Å². The van der Waals surface area contributed by atoms with Crippen LogP contribution in [-0.4, -0.2) is 79.3 Å². The molecule has 1 aromatic heterocycles. The van der Waals surface area contributed by atoms with Gasteiger partial charge in [-0.05, 0) is 13.8 Å². The summed E-state index contributed by atoms with van der Waals surface area (Å²) in [6.07, 6.45) is -6.76. The largest absolute Gasteiger partial charge is 0.483 e. The maximum absolute atomic E-state index is 12.4. The fraction of sp³-hybridized carbons (Fsp3) is 0.778. The third-order valence-corrected chi connectivity index (χ3v) is 8.80. The number of hydrogen-bond acceptors (Lipinski definition) is 13. The Morgan fingerprint density at radius 2 is 1.95 bits per heavy atom. The van der Waals surface area contributed by atoms with Gasteiger partial charge in [-0.15, -0.1) is 0 Å². The summed E-state index contributed by atoms with van der Waals surface area (Å²) in [6.45, 7) is 3.27. The summed E-state index contributed by atoms with van der Waals surface area (Å²) in [5, 5.41) is 21.8. The molecular weight excluding hydrogens is 560 g/mol. The van der Waals surface area contributed by atoms with E-state index < -0.39 is 87.3 Å². The molecule has 3 rings (SSSR count). The molecule has 2 fully saturated rings. The second kappa shape index (κ2) is 11.3. The molecule has 216 valence electrons. The molecule has 2 aliphatic rings. The monoisotopic (exact) mass is 589 g/mol. The molecule has 9 atom stereocenters. The number of H-pyrrole nitrogens is 1. The van der Waals surface area contributed by atoms with E-state index in [0.29, 0.717) is 0 Å². The maximum Gasteiger partial charge on any atom is 0.483 e. The molecule has 0 bridgehead atoms. The van der Waals surface area contributed by atoms with Crippen LogP contribution in [0.3, 0.4) is 0 Å². The number of aryl methyl sites for hydroxylation is 1. The number of nitrogens with one attached hydrogen (secondary N) is 1. The van der Waals surface area contributed by atoms with Crippen molar-refractivity contribution < 1.29 is 56.5 Å². The van der Waals surface area contributed by atoms with Crippen molar-refractivity contribution in [2.45, 2.75) is 76.1 Å². The SMILES string of the molecule is CO[C@H]1[C@@H](C)O[C@H](OP(=O)(O)OP(=O)(O)OC[C@H]2O[C@@H](n3cc(C)c(=O)[nH]c3=O)C[C@@H]2O)C[C@]1(C)[N+](=O)[O-]. The number of ether oxygens (including phenoxy) is 3. The number of nitro groups is 1. The Kier molecular flexibility index (Phi) is 9.17.